The first-order valence-electron chi connectivity index (χ1n) is 8.41. The predicted molar refractivity (Wildman–Crippen MR) is 82.0 cm³/mol. The van der Waals surface area contributed by atoms with E-state index in [0.29, 0.717) is 18.8 Å². The fourth-order valence-corrected chi connectivity index (χ4v) is 3.73. The molecular weight excluding hydrogens is 252 g/mol. The highest BCUT2D eigenvalue weighted by Gasteiger charge is 2.29. The molecule has 2 saturated heterocycles. The van der Waals surface area contributed by atoms with Gasteiger partial charge in [0.1, 0.15) is 0 Å². The van der Waals surface area contributed by atoms with Gasteiger partial charge in [-0.05, 0) is 59.0 Å². The molecule has 2 aliphatic heterocycles. The van der Waals surface area contributed by atoms with Crippen LogP contribution in [0.5, 0.6) is 0 Å². The van der Waals surface area contributed by atoms with Crippen molar-refractivity contribution in [2.75, 3.05) is 39.3 Å². The monoisotopic (exact) mass is 284 g/mol. The molecule has 0 aromatic heterocycles. The summed E-state index contributed by atoms with van der Waals surface area (Å²) in [7, 11) is 0. The summed E-state index contributed by atoms with van der Waals surface area (Å²) in [6, 6.07) is 0.738. The number of nitrogens with zero attached hydrogens (tertiary/aromatic N) is 2. The van der Waals surface area contributed by atoms with Crippen molar-refractivity contribution in [1.82, 2.24) is 9.80 Å². The predicted octanol–water partition coefficient (Wildman–Crippen LogP) is 1.72. The molecule has 118 valence electrons. The van der Waals surface area contributed by atoms with Crippen LogP contribution in [0.2, 0.25) is 0 Å². The van der Waals surface area contributed by atoms with E-state index in [1.54, 1.807) is 0 Å². The van der Waals surface area contributed by atoms with E-state index in [1.807, 2.05) is 0 Å². The van der Waals surface area contributed by atoms with Crippen LogP contribution in [0.15, 0.2) is 0 Å². The number of aliphatic hydroxyl groups is 1. The summed E-state index contributed by atoms with van der Waals surface area (Å²) in [5.41, 5.74) is 0. The van der Waals surface area contributed by atoms with Crippen LogP contribution in [-0.4, -0.2) is 72.5 Å². The van der Waals surface area contributed by atoms with Crippen molar-refractivity contribution in [3.05, 3.63) is 0 Å². The molecule has 20 heavy (non-hydrogen) atoms. The molecule has 0 saturated carbocycles. The van der Waals surface area contributed by atoms with E-state index >= 15 is 0 Å². The Kier molecular flexibility index (Phi) is 6.75. The zero-order valence-electron chi connectivity index (χ0n) is 13.3. The molecule has 2 heterocycles. The molecule has 2 fully saturated rings. The van der Waals surface area contributed by atoms with Gasteiger partial charge in [-0.25, -0.2) is 0 Å². The number of rotatable bonds is 7. The number of ether oxygens (including phenoxy) is 1. The number of aliphatic hydroxyl groups excluding tert-OH is 1. The first-order valence-corrected chi connectivity index (χ1v) is 8.41. The Hall–Kier alpha value is -0.160. The van der Waals surface area contributed by atoms with Crippen molar-refractivity contribution < 1.29 is 9.84 Å². The Bertz CT molecular complexity index is 265. The van der Waals surface area contributed by atoms with Crippen molar-refractivity contribution >= 4 is 0 Å². The number of hydrogen-bond acceptors (Lipinski definition) is 4. The van der Waals surface area contributed by atoms with Gasteiger partial charge in [0.15, 0.2) is 0 Å². The van der Waals surface area contributed by atoms with Crippen LogP contribution in [0.3, 0.4) is 0 Å². The Balaban J connectivity index is 1.73. The smallest absolute Gasteiger partial charge is 0.0678 e. The molecule has 0 aliphatic carbocycles. The first kappa shape index (κ1) is 16.2. The minimum Gasteiger partial charge on any atom is -0.396 e. The molecule has 0 amide bonds. The third-order valence-corrected chi connectivity index (χ3v) is 4.57. The second kappa shape index (κ2) is 8.32. The summed E-state index contributed by atoms with van der Waals surface area (Å²) >= 11 is 0. The lowest BCUT2D eigenvalue weighted by atomic mass is 10.1. The zero-order valence-corrected chi connectivity index (χ0v) is 13.3. The Morgan fingerprint density at radius 2 is 1.85 bits per heavy atom. The Labute approximate surface area is 124 Å². The molecule has 2 rings (SSSR count). The SMILES string of the molecule is CC1CN(CC2CCCN2CCCCCO)CC(C)O1. The van der Waals surface area contributed by atoms with Gasteiger partial charge in [-0.15, -0.1) is 0 Å². The molecule has 3 unspecified atom stereocenters. The van der Waals surface area contributed by atoms with E-state index in [9.17, 15) is 0 Å². The third kappa shape index (κ3) is 4.99. The topological polar surface area (TPSA) is 35.9 Å². The van der Waals surface area contributed by atoms with E-state index in [1.165, 1.54) is 38.9 Å². The number of likely N-dealkylation sites (tertiary alicyclic amines) is 1. The summed E-state index contributed by atoms with van der Waals surface area (Å²) in [6.07, 6.45) is 6.78. The highest BCUT2D eigenvalue weighted by molar-refractivity contribution is 4.84. The Morgan fingerprint density at radius 3 is 2.55 bits per heavy atom. The van der Waals surface area contributed by atoms with Gasteiger partial charge in [-0.1, -0.05) is 0 Å². The average molecular weight is 284 g/mol. The van der Waals surface area contributed by atoms with Crippen LogP contribution in [0.25, 0.3) is 0 Å². The van der Waals surface area contributed by atoms with Crippen molar-refractivity contribution in [2.45, 2.75) is 64.2 Å². The maximum Gasteiger partial charge on any atom is 0.0678 e. The number of unbranched alkanes of at least 4 members (excludes halogenated alkanes) is 2. The first-order chi connectivity index (χ1) is 9.69. The van der Waals surface area contributed by atoms with Gasteiger partial charge < -0.3 is 9.84 Å². The summed E-state index contributed by atoms with van der Waals surface area (Å²) in [5.74, 6) is 0. The van der Waals surface area contributed by atoms with Gasteiger partial charge in [0.2, 0.25) is 0 Å². The van der Waals surface area contributed by atoms with Crippen LogP contribution in [-0.2, 0) is 4.74 Å². The molecule has 2 aliphatic rings. The van der Waals surface area contributed by atoms with E-state index in [2.05, 4.69) is 23.6 Å². The second-order valence-corrected chi connectivity index (χ2v) is 6.59. The maximum atomic E-state index is 8.84. The van der Waals surface area contributed by atoms with Gasteiger partial charge in [-0.3, -0.25) is 9.80 Å². The summed E-state index contributed by atoms with van der Waals surface area (Å²) in [5, 5.41) is 8.84. The van der Waals surface area contributed by atoms with Crippen molar-refractivity contribution in [3.8, 4) is 0 Å². The van der Waals surface area contributed by atoms with Crippen LogP contribution in [0, 0.1) is 0 Å². The highest BCUT2D eigenvalue weighted by atomic mass is 16.5. The minimum absolute atomic E-state index is 0.340. The number of hydrogen-bond donors (Lipinski definition) is 1. The molecule has 0 aromatic carbocycles. The average Bonchev–Trinajstić information content (AvgIpc) is 2.81. The van der Waals surface area contributed by atoms with E-state index in [0.717, 1.165) is 32.0 Å². The van der Waals surface area contributed by atoms with Gasteiger partial charge >= 0.3 is 0 Å². The maximum absolute atomic E-state index is 8.84. The molecule has 3 atom stereocenters. The standard InChI is InChI=1S/C16H32N2O2/c1-14-11-17(12-15(2)20-14)13-16-7-6-9-18(16)8-4-3-5-10-19/h14-16,19H,3-13H2,1-2H3. The largest absolute Gasteiger partial charge is 0.396 e. The lowest BCUT2D eigenvalue weighted by molar-refractivity contribution is -0.0722. The van der Waals surface area contributed by atoms with Crippen molar-refractivity contribution in [3.63, 3.8) is 0 Å². The van der Waals surface area contributed by atoms with Gasteiger partial charge in [0, 0.05) is 32.3 Å². The Morgan fingerprint density at radius 1 is 1.10 bits per heavy atom. The molecule has 0 aromatic rings. The van der Waals surface area contributed by atoms with Gasteiger partial charge in [0.05, 0.1) is 12.2 Å². The molecule has 0 spiro atoms. The van der Waals surface area contributed by atoms with E-state index in [-0.39, 0.29) is 0 Å². The van der Waals surface area contributed by atoms with Crippen LogP contribution < -0.4 is 0 Å². The molecule has 1 N–H and O–H groups in total. The molecular formula is C16H32N2O2. The molecule has 4 nitrogen and oxygen atoms in total. The van der Waals surface area contributed by atoms with Crippen LogP contribution in [0.1, 0.15) is 46.0 Å². The highest BCUT2D eigenvalue weighted by Crippen LogP contribution is 2.21. The molecule has 4 heteroatoms. The lowest BCUT2D eigenvalue weighted by Crippen LogP contribution is -2.50. The molecule has 0 radical (unpaired) electrons. The van der Waals surface area contributed by atoms with E-state index in [4.69, 9.17) is 9.84 Å². The second-order valence-electron chi connectivity index (χ2n) is 6.59. The fourth-order valence-electron chi connectivity index (χ4n) is 3.73. The normalized spacial score (nSPS) is 32.9. The summed E-state index contributed by atoms with van der Waals surface area (Å²) in [6.45, 7) is 10.6. The molecule has 0 bridgehead atoms. The van der Waals surface area contributed by atoms with Gasteiger partial charge in [-0.2, -0.15) is 0 Å². The third-order valence-electron chi connectivity index (χ3n) is 4.57. The lowest BCUT2D eigenvalue weighted by Gasteiger charge is -2.38. The minimum atomic E-state index is 0.340. The van der Waals surface area contributed by atoms with Crippen LogP contribution >= 0.6 is 0 Å². The summed E-state index contributed by atoms with van der Waals surface area (Å²) < 4.78 is 5.82. The zero-order chi connectivity index (χ0) is 14.4. The fraction of sp³-hybridized carbons (Fsp3) is 1.00. The number of morpholine rings is 1. The van der Waals surface area contributed by atoms with Crippen LogP contribution in [0.4, 0.5) is 0 Å². The summed E-state index contributed by atoms with van der Waals surface area (Å²) in [4.78, 5) is 5.26. The van der Waals surface area contributed by atoms with E-state index < -0.39 is 0 Å². The van der Waals surface area contributed by atoms with Crippen molar-refractivity contribution in [2.24, 2.45) is 0 Å². The quantitative estimate of drug-likeness (QED) is 0.722. The van der Waals surface area contributed by atoms with Crippen molar-refractivity contribution in [1.29, 1.82) is 0 Å². The van der Waals surface area contributed by atoms with Gasteiger partial charge in [0.25, 0.3) is 0 Å².